The van der Waals surface area contributed by atoms with Crippen LogP contribution in [0.4, 0.5) is 0 Å². The summed E-state index contributed by atoms with van der Waals surface area (Å²) in [5.41, 5.74) is 0. The second kappa shape index (κ2) is 15.3. The number of unbranched alkanes of at least 4 members (excludes halogenated alkanes) is 12. The number of carbonyl (C=O) groups excluding carboxylic acids is 1. The standard InChI is InChI=1S/C22H34Cl2O2/c1-2-3-4-5-6-7-8-9-10-11-12-13-14-15-22(25)26-21-17-16-19(23)18-20(21)24/h16-18H,2-15H2,1H3. The van der Waals surface area contributed by atoms with E-state index in [9.17, 15) is 4.79 Å². The Morgan fingerprint density at radius 2 is 1.31 bits per heavy atom. The molecule has 0 unspecified atom stereocenters. The van der Waals surface area contributed by atoms with Gasteiger partial charge in [-0.1, -0.05) is 107 Å². The Bertz CT molecular complexity index is 503. The largest absolute Gasteiger partial charge is 0.425 e. The highest BCUT2D eigenvalue weighted by molar-refractivity contribution is 6.35. The van der Waals surface area contributed by atoms with Crippen LogP contribution in [0.5, 0.6) is 5.75 Å². The SMILES string of the molecule is CCCCCCCCCCCCCCCC(=O)Oc1ccc(Cl)cc1Cl. The zero-order chi connectivity index (χ0) is 19.0. The highest BCUT2D eigenvalue weighted by Crippen LogP contribution is 2.27. The molecule has 0 atom stereocenters. The Morgan fingerprint density at radius 3 is 1.81 bits per heavy atom. The Kier molecular flexibility index (Phi) is 13.8. The van der Waals surface area contributed by atoms with Crippen LogP contribution >= 0.6 is 23.2 Å². The molecule has 148 valence electrons. The molecule has 26 heavy (non-hydrogen) atoms. The molecule has 0 heterocycles. The van der Waals surface area contributed by atoms with Gasteiger partial charge in [-0.15, -0.1) is 0 Å². The summed E-state index contributed by atoms with van der Waals surface area (Å²) in [5.74, 6) is 0.160. The molecule has 0 saturated carbocycles. The molecule has 0 fully saturated rings. The Hall–Kier alpha value is -0.730. The summed E-state index contributed by atoms with van der Waals surface area (Å²) in [7, 11) is 0. The van der Waals surface area contributed by atoms with Crippen molar-refractivity contribution in [2.45, 2.75) is 96.8 Å². The van der Waals surface area contributed by atoms with Gasteiger partial charge >= 0.3 is 5.97 Å². The van der Waals surface area contributed by atoms with Gasteiger partial charge in [0.1, 0.15) is 5.75 Å². The zero-order valence-corrected chi connectivity index (χ0v) is 17.7. The molecule has 4 heteroatoms. The molecule has 1 rings (SSSR count). The average molecular weight is 401 g/mol. The van der Waals surface area contributed by atoms with Crippen molar-refractivity contribution in [1.82, 2.24) is 0 Å². The van der Waals surface area contributed by atoms with Gasteiger partial charge in [-0.25, -0.2) is 0 Å². The van der Waals surface area contributed by atoms with Crippen molar-refractivity contribution >= 4 is 29.2 Å². The van der Waals surface area contributed by atoms with Crippen LogP contribution < -0.4 is 4.74 Å². The predicted molar refractivity (Wildman–Crippen MR) is 112 cm³/mol. The Balaban J connectivity index is 1.92. The number of halogens is 2. The molecule has 0 N–H and O–H groups in total. The molecule has 0 radical (unpaired) electrons. The number of ether oxygens (including phenoxy) is 1. The molecule has 0 bridgehead atoms. The van der Waals surface area contributed by atoms with Crippen molar-refractivity contribution in [2.24, 2.45) is 0 Å². The number of benzene rings is 1. The van der Waals surface area contributed by atoms with Gasteiger partial charge in [0.15, 0.2) is 0 Å². The lowest BCUT2D eigenvalue weighted by molar-refractivity contribution is -0.134. The molecule has 0 aliphatic rings. The summed E-state index contributed by atoms with van der Waals surface area (Å²) in [5, 5.41) is 0.905. The summed E-state index contributed by atoms with van der Waals surface area (Å²) in [4.78, 5) is 11.8. The molecule has 0 spiro atoms. The molecular weight excluding hydrogens is 367 g/mol. The monoisotopic (exact) mass is 400 g/mol. The minimum atomic E-state index is -0.225. The van der Waals surface area contributed by atoms with Gasteiger partial charge < -0.3 is 4.74 Å². The quantitative estimate of drug-likeness (QED) is 0.168. The highest BCUT2D eigenvalue weighted by atomic mass is 35.5. The van der Waals surface area contributed by atoms with Crippen LogP contribution in [-0.2, 0) is 4.79 Å². The summed E-state index contributed by atoms with van der Waals surface area (Å²) in [6, 6.07) is 4.88. The van der Waals surface area contributed by atoms with E-state index in [-0.39, 0.29) is 5.97 Å². The third-order valence-electron chi connectivity index (χ3n) is 4.60. The van der Waals surface area contributed by atoms with Crippen molar-refractivity contribution in [3.05, 3.63) is 28.2 Å². The first kappa shape index (κ1) is 23.3. The van der Waals surface area contributed by atoms with E-state index in [1.54, 1.807) is 18.2 Å². The van der Waals surface area contributed by atoms with Gasteiger partial charge in [-0.2, -0.15) is 0 Å². The Morgan fingerprint density at radius 1 is 0.808 bits per heavy atom. The van der Waals surface area contributed by atoms with Crippen LogP contribution in [0, 0.1) is 0 Å². The van der Waals surface area contributed by atoms with E-state index in [1.807, 2.05) is 0 Å². The Labute approximate surface area is 169 Å². The molecule has 0 aromatic heterocycles. The van der Waals surface area contributed by atoms with Crippen LogP contribution in [0.3, 0.4) is 0 Å². The van der Waals surface area contributed by atoms with Gasteiger partial charge in [0.2, 0.25) is 0 Å². The van der Waals surface area contributed by atoms with E-state index in [4.69, 9.17) is 27.9 Å². The van der Waals surface area contributed by atoms with Crippen LogP contribution in [0.1, 0.15) is 96.8 Å². The zero-order valence-electron chi connectivity index (χ0n) is 16.2. The van der Waals surface area contributed by atoms with Crippen LogP contribution in [0.25, 0.3) is 0 Å². The third kappa shape index (κ3) is 11.8. The van der Waals surface area contributed by atoms with Gasteiger partial charge in [0.25, 0.3) is 0 Å². The summed E-state index contributed by atoms with van der Waals surface area (Å²) in [6.45, 7) is 2.26. The van der Waals surface area contributed by atoms with Crippen molar-refractivity contribution in [2.75, 3.05) is 0 Å². The van der Waals surface area contributed by atoms with Crippen molar-refractivity contribution in [3.8, 4) is 5.75 Å². The normalized spacial score (nSPS) is 10.9. The van der Waals surface area contributed by atoms with E-state index in [1.165, 1.54) is 70.6 Å². The smallest absolute Gasteiger partial charge is 0.311 e. The van der Waals surface area contributed by atoms with Gasteiger partial charge in [-0.3, -0.25) is 4.79 Å². The number of rotatable bonds is 15. The molecule has 1 aromatic carbocycles. The number of esters is 1. The number of carbonyl (C=O) groups is 1. The average Bonchev–Trinajstić information content (AvgIpc) is 2.61. The molecule has 0 amide bonds. The first-order valence-electron chi connectivity index (χ1n) is 10.3. The highest BCUT2D eigenvalue weighted by Gasteiger charge is 2.08. The number of hydrogen-bond acceptors (Lipinski definition) is 2. The molecule has 1 aromatic rings. The second-order valence-electron chi connectivity index (χ2n) is 7.04. The molecule has 0 aliphatic heterocycles. The van der Waals surface area contributed by atoms with Gasteiger partial charge in [-0.05, 0) is 24.6 Å². The maximum Gasteiger partial charge on any atom is 0.311 e. The minimum absolute atomic E-state index is 0.225. The summed E-state index contributed by atoms with van der Waals surface area (Å²) >= 11 is 11.8. The van der Waals surface area contributed by atoms with E-state index < -0.39 is 0 Å². The molecule has 0 aliphatic carbocycles. The van der Waals surface area contributed by atoms with Crippen molar-refractivity contribution in [3.63, 3.8) is 0 Å². The van der Waals surface area contributed by atoms with Crippen molar-refractivity contribution < 1.29 is 9.53 Å². The summed E-state index contributed by atoms with van der Waals surface area (Å²) < 4.78 is 5.28. The van der Waals surface area contributed by atoms with E-state index in [0.29, 0.717) is 22.2 Å². The maximum atomic E-state index is 11.8. The summed E-state index contributed by atoms with van der Waals surface area (Å²) in [6.07, 6.45) is 17.2. The van der Waals surface area contributed by atoms with Crippen molar-refractivity contribution in [1.29, 1.82) is 0 Å². The predicted octanol–water partition coefficient (Wildman–Crippen LogP) is 8.38. The lowest BCUT2D eigenvalue weighted by Crippen LogP contribution is -2.07. The first-order chi connectivity index (χ1) is 12.6. The molecule has 0 saturated heterocycles. The van der Waals surface area contributed by atoms with E-state index >= 15 is 0 Å². The fourth-order valence-electron chi connectivity index (χ4n) is 3.02. The number of hydrogen-bond donors (Lipinski definition) is 0. The maximum absolute atomic E-state index is 11.8. The van der Waals surface area contributed by atoms with Crippen LogP contribution in [0.15, 0.2) is 18.2 Å². The minimum Gasteiger partial charge on any atom is -0.425 e. The molecular formula is C22H34Cl2O2. The van der Waals surface area contributed by atoms with Gasteiger partial charge in [0.05, 0.1) is 5.02 Å². The topological polar surface area (TPSA) is 26.3 Å². The van der Waals surface area contributed by atoms with Crippen LogP contribution in [0.2, 0.25) is 10.0 Å². The van der Waals surface area contributed by atoms with Gasteiger partial charge in [0, 0.05) is 11.4 Å². The molecule has 2 nitrogen and oxygen atoms in total. The van der Waals surface area contributed by atoms with E-state index in [2.05, 4.69) is 6.92 Å². The van der Waals surface area contributed by atoms with E-state index in [0.717, 1.165) is 12.8 Å². The lowest BCUT2D eigenvalue weighted by atomic mass is 10.0. The second-order valence-corrected chi connectivity index (χ2v) is 7.89. The third-order valence-corrected chi connectivity index (χ3v) is 5.13. The lowest BCUT2D eigenvalue weighted by Gasteiger charge is -2.06. The van der Waals surface area contributed by atoms with Crippen LogP contribution in [-0.4, -0.2) is 5.97 Å². The first-order valence-corrected chi connectivity index (χ1v) is 11.0. The fourth-order valence-corrected chi connectivity index (χ4v) is 3.47. The fraction of sp³-hybridized carbons (Fsp3) is 0.682.